The molecule has 0 N–H and O–H groups in total. The lowest BCUT2D eigenvalue weighted by Crippen LogP contribution is -2.55. The molecular weight excluding hydrogens is 356 g/mol. The van der Waals surface area contributed by atoms with Crippen LogP contribution in [0.1, 0.15) is 38.5 Å². The molecule has 2 atom stereocenters. The Balaban J connectivity index is 1.39. The number of likely N-dealkylation sites (tertiary alicyclic amines) is 1. The number of hydrogen-bond acceptors (Lipinski definition) is 5. The van der Waals surface area contributed by atoms with E-state index in [4.69, 9.17) is 4.42 Å². The van der Waals surface area contributed by atoms with E-state index in [1.807, 2.05) is 36.1 Å². The predicted molar refractivity (Wildman–Crippen MR) is 106 cm³/mol. The third-order valence-corrected chi connectivity index (χ3v) is 6.05. The zero-order chi connectivity index (χ0) is 19.7. The molecule has 0 radical (unpaired) electrons. The molecule has 0 spiro atoms. The fraction of sp³-hybridized carbons (Fsp3) is 0.571. The highest BCUT2D eigenvalue weighted by Gasteiger charge is 2.33. The molecule has 2 unspecified atom stereocenters. The quantitative estimate of drug-likeness (QED) is 0.810. The van der Waals surface area contributed by atoms with Crippen molar-refractivity contribution in [1.82, 2.24) is 19.7 Å². The van der Waals surface area contributed by atoms with E-state index in [9.17, 15) is 9.59 Å². The largest absolute Gasteiger partial charge is 0.440 e. The molecule has 2 saturated heterocycles. The van der Waals surface area contributed by atoms with E-state index in [0.29, 0.717) is 26.2 Å². The molecule has 0 saturated carbocycles. The minimum Gasteiger partial charge on any atom is -0.440 e. The van der Waals surface area contributed by atoms with Crippen molar-refractivity contribution in [2.24, 2.45) is 0 Å². The van der Waals surface area contributed by atoms with Gasteiger partial charge in [-0.25, -0.2) is 4.98 Å². The first kappa shape index (κ1) is 18.9. The van der Waals surface area contributed by atoms with Crippen LogP contribution in [-0.4, -0.2) is 76.8 Å². The predicted octanol–water partition coefficient (Wildman–Crippen LogP) is 2.09. The van der Waals surface area contributed by atoms with Crippen LogP contribution in [-0.2, 0) is 9.59 Å². The van der Waals surface area contributed by atoms with Crippen molar-refractivity contribution in [2.45, 2.75) is 38.6 Å². The average molecular weight is 384 g/mol. The number of oxazole rings is 1. The van der Waals surface area contributed by atoms with Crippen LogP contribution in [0.5, 0.6) is 0 Å². The molecule has 2 aromatic rings. The molecule has 1 aromatic carbocycles. The Morgan fingerprint density at radius 2 is 1.82 bits per heavy atom. The maximum atomic E-state index is 13.0. The Hall–Kier alpha value is -2.41. The summed E-state index contributed by atoms with van der Waals surface area (Å²) in [5, 5.41) is 0. The first-order valence-electron chi connectivity index (χ1n) is 10.2. The number of benzene rings is 1. The van der Waals surface area contributed by atoms with Gasteiger partial charge < -0.3 is 14.2 Å². The van der Waals surface area contributed by atoms with Crippen LogP contribution >= 0.6 is 0 Å². The van der Waals surface area contributed by atoms with Crippen molar-refractivity contribution in [3.63, 3.8) is 0 Å². The molecule has 150 valence electrons. The average Bonchev–Trinajstić information content (AvgIpc) is 3.17. The standard InChI is InChI=1S/C21H28N4O3/c1-15(21(27)24-12-10-23(11-13-24)16(2)26)25-9-5-6-17(14-25)20-22-18-7-3-4-8-19(18)28-20/h3-4,7-8,15,17H,5-6,9-14H2,1-2H3. The number of hydrogen-bond donors (Lipinski definition) is 0. The number of para-hydroxylation sites is 2. The lowest BCUT2D eigenvalue weighted by Gasteiger charge is -2.40. The SMILES string of the molecule is CC(=O)N1CCN(C(=O)C(C)N2CCCC(c3nc4ccccc4o3)C2)CC1. The van der Waals surface area contributed by atoms with Gasteiger partial charge in [-0.3, -0.25) is 14.5 Å². The van der Waals surface area contributed by atoms with Gasteiger partial charge in [0.25, 0.3) is 0 Å². The maximum Gasteiger partial charge on any atom is 0.239 e. The number of piperazine rings is 1. The molecule has 0 aliphatic carbocycles. The lowest BCUT2D eigenvalue weighted by molar-refractivity contribution is -0.142. The van der Waals surface area contributed by atoms with Gasteiger partial charge in [0.1, 0.15) is 5.52 Å². The van der Waals surface area contributed by atoms with Gasteiger partial charge >= 0.3 is 0 Å². The Morgan fingerprint density at radius 1 is 1.11 bits per heavy atom. The molecule has 7 nitrogen and oxygen atoms in total. The van der Waals surface area contributed by atoms with E-state index >= 15 is 0 Å². The molecule has 1 aromatic heterocycles. The normalized spacial score (nSPS) is 22.4. The molecule has 2 aliphatic rings. The molecule has 2 aliphatic heterocycles. The summed E-state index contributed by atoms with van der Waals surface area (Å²) in [6.45, 7) is 7.76. The molecule has 2 fully saturated rings. The van der Waals surface area contributed by atoms with Crippen LogP contribution in [0.3, 0.4) is 0 Å². The number of nitrogens with zero attached hydrogens (tertiary/aromatic N) is 4. The van der Waals surface area contributed by atoms with Gasteiger partial charge in [-0.05, 0) is 38.4 Å². The number of amides is 2. The summed E-state index contributed by atoms with van der Waals surface area (Å²) < 4.78 is 5.98. The summed E-state index contributed by atoms with van der Waals surface area (Å²) in [6, 6.07) is 7.66. The Kier molecular flexibility index (Phi) is 5.35. The minimum absolute atomic E-state index is 0.0809. The van der Waals surface area contributed by atoms with Crippen LogP contribution in [0, 0.1) is 0 Å². The van der Waals surface area contributed by atoms with Crippen molar-refractivity contribution in [1.29, 1.82) is 0 Å². The van der Waals surface area contributed by atoms with Crippen LogP contribution in [0.4, 0.5) is 0 Å². The third kappa shape index (κ3) is 3.76. The van der Waals surface area contributed by atoms with Crippen molar-refractivity contribution in [3.05, 3.63) is 30.2 Å². The van der Waals surface area contributed by atoms with E-state index in [-0.39, 0.29) is 23.8 Å². The first-order valence-corrected chi connectivity index (χ1v) is 10.2. The van der Waals surface area contributed by atoms with Crippen LogP contribution < -0.4 is 0 Å². The second-order valence-corrected chi connectivity index (χ2v) is 7.86. The van der Waals surface area contributed by atoms with Gasteiger partial charge in [-0.2, -0.15) is 0 Å². The zero-order valence-corrected chi connectivity index (χ0v) is 16.6. The number of aromatic nitrogens is 1. The van der Waals surface area contributed by atoms with Gasteiger partial charge in [-0.15, -0.1) is 0 Å². The first-order chi connectivity index (χ1) is 13.5. The van der Waals surface area contributed by atoms with Crippen molar-refractivity contribution in [2.75, 3.05) is 39.3 Å². The molecular formula is C21H28N4O3. The van der Waals surface area contributed by atoms with Gasteiger partial charge in [0, 0.05) is 45.6 Å². The monoisotopic (exact) mass is 384 g/mol. The number of piperidine rings is 1. The summed E-state index contributed by atoms with van der Waals surface area (Å²) >= 11 is 0. The summed E-state index contributed by atoms with van der Waals surface area (Å²) in [6.07, 6.45) is 2.06. The molecule has 28 heavy (non-hydrogen) atoms. The molecule has 4 rings (SSSR count). The zero-order valence-electron chi connectivity index (χ0n) is 16.6. The third-order valence-electron chi connectivity index (χ3n) is 6.05. The molecule has 7 heteroatoms. The summed E-state index contributed by atoms with van der Waals surface area (Å²) in [4.78, 5) is 35.1. The van der Waals surface area contributed by atoms with Crippen LogP contribution in [0.15, 0.2) is 28.7 Å². The Morgan fingerprint density at radius 3 is 2.54 bits per heavy atom. The summed E-state index contributed by atoms with van der Waals surface area (Å²) in [5.74, 6) is 1.23. The Bertz CT molecular complexity index is 823. The number of rotatable bonds is 3. The highest BCUT2D eigenvalue weighted by molar-refractivity contribution is 5.82. The van der Waals surface area contributed by atoms with Crippen molar-refractivity contribution in [3.8, 4) is 0 Å². The number of carbonyl (C=O) groups excluding carboxylic acids is 2. The molecule has 3 heterocycles. The van der Waals surface area contributed by atoms with E-state index in [2.05, 4.69) is 9.88 Å². The lowest BCUT2D eigenvalue weighted by atomic mass is 9.96. The summed E-state index contributed by atoms with van der Waals surface area (Å²) in [7, 11) is 0. The smallest absolute Gasteiger partial charge is 0.239 e. The Labute approximate surface area is 165 Å². The van der Waals surface area contributed by atoms with Crippen molar-refractivity contribution >= 4 is 22.9 Å². The van der Waals surface area contributed by atoms with Gasteiger partial charge in [0.15, 0.2) is 11.5 Å². The van der Waals surface area contributed by atoms with E-state index in [0.717, 1.165) is 42.9 Å². The van der Waals surface area contributed by atoms with E-state index in [1.54, 1.807) is 11.8 Å². The van der Waals surface area contributed by atoms with E-state index in [1.165, 1.54) is 0 Å². The second kappa shape index (κ2) is 7.91. The van der Waals surface area contributed by atoms with Gasteiger partial charge in [0.2, 0.25) is 11.8 Å². The summed E-state index contributed by atoms with van der Waals surface area (Å²) in [5.41, 5.74) is 1.71. The highest BCUT2D eigenvalue weighted by Crippen LogP contribution is 2.30. The van der Waals surface area contributed by atoms with Crippen LogP contribution in [0.25, 0.3) is 11.1 Å². The second-order valence-electron chi connectivity index (χ2n) is 7.86. The van der Waals surface area contributed by atoms with E-state index < -0.39 is 0 Å². The van der Waals surface area contributed by atoms with Gasteiger partial charge in [-0.1, -0.05) is 12.1 Å². The number of carbonyl (C=O) groups is 2. The van der Waals surface area contributed by atoms with Crippen molar-refractivity contribution < 1.29 is 14.0 Å². The maximum absolute atomic E-state index is 13.0. The fourth-order valence-electron chi connectivity index (χ4n) is 4.29. The minimum atomic E-state index is -0.170. The van der Waals surface area contributed by atoms with Gasteiger partial charge in [0.05, 0.1) is 6.04 Å². The topological polar surface area (TPSA) is 69.9 Å². The van der Waals surface area contributed by atoms with Crippen LogP contribution in [0.2, 0.25) is 0 Å². The fourth-order valence-corrected chi connectivity index (χ4v) is 4.29. The number of fused-ring (bicyclic) bond motifs is 1. The molecule has 2 amide bonds. The highest BCUT2D eigenvalue weighted by atomic mass is 16.3. The molecule has 0 bridgehead atoms.